The maximum Gasteiger partial charge on any atom is 0.335 e. The van der Waals surface area contributed by atoms with Gasteiger partial charge in [-0.1, -0.05) is 30.3 Å². The number of aryl methyl sites for hydroxylation is 2. The zero-order valence-corrected chi connectivity index (χ0v) is 12.1. The molecule has 0 aliphatic rings. The molecule has 0 aromatic heterocycles. The van der Waals surface area contributed by atoms with Crippen molar-refractivity contribution in [3.05, 3.63) is 59.2 Å². The van der Waals surface area contributed by atoms with Crippen LogP contribution in [0.3, 0.4) is 0 Å². The van der Waals surface area contributed by atoms with E-state index in [1.54, 1.807) is 26.4 Å². The Morgan fingerprint density at radius 3 is 2.29 bits per heavy atom. The molecule has 2 rings (SSSR count). The van der Waals surface area contributed by atoms with Gasteiger partial charge in [-0.05, 0) is 36.1 Å². The van der Waals surface area contributed by atoms with Gasteiger partial charge in [0.15, 0.2) is 11.5 Å². The number of ether oxygens (including phenoxy) is 2. The molecule has 2 aromatic rings. The summed E-state index contributed by atoms with van der Waals surface area (Å²) in [5, 5.41) is 9.20. The summed E-state index contributed by atoms with van der Waals surface area (Å²) >= 11 is 0. The fourth-order valence-corrected chi connectivity index (χ4v) is 2.37. The van der Waals surface area contributed by atoms with Gasteiger partial charge in [-0.3, -0.25) is 0 Å². The summed E-state index contributed by atoms with van der Waals surface area (Å²) in [6.45, 7) is 0. The van der Waals surface area contributed by atoms with Gasteiger partial charge in [0, 0.05) is 0 Å². The quantitative estimate of drug-likeness (QED) is 0.886. The molecule has 0 saturated carbocycles. The van der Waals surface area contributed by atoms with Crippen molar-refractivity contribution in [1.82, 2.24) is 0 Å². The highest BCUT2D eigenvalue weighted by molar-refractivity contribution is 5.89. The minimum Gasteiger partial charge on any atom is -0.493 e. The third kappa shape index (κ3) is 3.34. The predicted octanol–water partition coefficient (Wildman–Crippen LogP) is 3.19. The molecule has 0 bridgehead atoms. The number of methoxy groups -OCH3 is 2. The van der Waals surface area contributed by atoms with Crippen molar-refractivity contribution in [1.29, 1.82) is 0 Å². The van der Waals surface area contributed by atoms with Crippen molar-refractivity contribution in [2.45, 2.75) is 12.8 Å². The molecular weight excluding hydrogens is 268 g/mol. The number of aromatic carboxylic acids is 1. The van der Waals surface area contributed by atoms with Crippen molar-refractivity contribution in [2.24, 2.45) is 0 Å². The molecule has 0 fully saturated rings. The van der Waals surface area contributed by atoms with Crippen molar-refractivity contribution in [2.75, 3.05) is 14.2 Å². The number of carbonyl (C=O) groups is 1. The molecule has 0 heterocycles. The van der Waals surface area contributed by atoms with Crippen LogP contribution in [-0.2, 0) is 12.8 Å². The Bertz CT molecular complexity index is 634. The van der Waals surface area contributed by atoms with Crippen molar-refractivity contribution < 1.29 is 19.4 Å². The van der Waals surface area contributed by atoms with Crippen molar-refractivity contribution in [3.8, 4) is 11.5 Å². The Hall–Kier alpha value is -2.49. The van der Waals surface area contributed by atoms with E-state index in [1.165, 1.54) is 0 Å². The van der Waals surface area contributed by atoms with Crippen LogP contribution < -0.4 is 9.47 Å². The lowest BCUT2D eigenvalue weighted by atomic mass is 9.99. The van der Waals surface area contributed by atoms with Crippen LogP contribution in [-0.4, -0.2) is 25.3 Å². The number of hydrogen-bond acceptors (Lipinski definition) is 3. The van der Waals surface area contributed by atoms with Crippen LogP contribution in [0.25, 0.3) is 0 Å². The van der Waals surface area contributed by atoms with Crippen LogP contribution >= 0.6 is 0 Å². The lowest BCUT2D eigenvalue weighted by Gasteiger charge is -2.13. The first-order valence-electron chi connectivity index (χ1n) is 6.68. The Labute approximate surface area is 123 Å². The zero-order chi connectivity index (χ0) is 15.2. The largest absolute Gasteiger partial charge is 0.493 e. The molecule has 21 heavy (non-hydrogen) atoms. The molecule has 0 atom stereocenters. The molecule has 0 radical (unpaired) electrons. The average Bonchev–Trinajstić information content (AvgIpc) is 2.52. The van der Waals surface area contributed by atoms with Crippen LogP contribution in [0.4, 0.5) is 0 Å². The zero-order valence-electron chi connectivity index (χ0n) is 12.1. The maximum atomic E-state index is 11.2. The summed E-state index contributed by atoms with van der Waals surface area (Å²) in [5.41, 5.74) is 2.16. The number of carboxylic acids is 1. The molecule has 110 valence electrons. The molecule has 0 amide bonds. The summed E-state index contributed by atoms with van der Waals surface area (Å²) in [4.78, 5) is 11.2. The first-order valence-corrected chi connectivity index (χ1v) is 6.68. The Kier molecular flexibility index (Phi) is 4.82. The molecule has 2 aromatic carbocycles. The van der Waals surface area contributed by atoms with Gasteiger partial charge in [0.25, 0.3) is 0 Å². The van der Waals surface area contributed by atoms with Gasteiger partial charge in [0.05, 0.1) is 19.8 Å². The molecule has 4 nitrogen and oxygen atoms in total. The van der Waals surface area contributed by atoms with E-state index in [9.17, 15) is 9.90 Å². The summed E-state index contributed by atoms with van der Waals surface area (Å²) in [5.74, 6) is 0.484. The third-order valence-corrected chi connectivity index (χ3v) is 3.40. The van der Waals surface area contributed by atoms with Gasteiger partial charge in [-0.25, -0.2) is 4.79 Å². The monoisotopic (exact) mass is 286 g/mol. The number of benzene rings is 2. The lowest BCUT2D eigenvalue weighted by Crippen LogP contribution is -2.04. The number of hydrogen-bond donors (Lipinski definition) is 1. The fourth-order valence-electron chi connectivity index (χ4n) is 2.37. The minimum atomic E-state index is -0.900. The van der Waals surface area contributed by atoms with E-state index in [0.717, 1.165) is 11.1 Å². The van der Waals surface area contributed by atoms with E-state index < -0.39 is 5.97 Å². The Morgan fingerprint density at radius 2 is 1.62 bits per heavy atom. The molecule has 0 aliphatic heterocycles. The van der Waals surface area contributed by atoms with Crippen LogP contribution in [0.15, 0.2) is 42.5 Å². The molecule has 0 unspecified atom stereocenters. The summed E-state index contributed by atoms with van der Waals surface area (Å²) < 4.78 is 10.7. The summed E-state index contributed by atoms with van der Waals surface area (Å²) in [7, 11) is 3.20. The molecule has 4 heteroatoms. The molecular formula is C17H18O4. The van der Waals surface area contributed by atoms with Crippen LogP contribution in [0.5, 0.6) is 11.5 Å². The van der Waals surface area contributed by atoms with E-state index in [0.29, 0.717) is 29.9 Å². The van der Waals surface area contributed by atoms with Crippen LogP contribution in [0.2, 0.25) is 0 Å². The number of rotatable bonds is 6. The van der Waals surface area contributed by atoms with Gasteiger partial charge in [-0.2, -0.15) is 0 Å². The van der Waals surface area contributed by atoms with Crippen molar-refractivity contribution >= 4 is 5.97 Å². The van der Waals surface area contributed by atoms with Crippen LogP contribution in [0.1, 0.15) is 21.5 Å². The topological polar surface area (TPSA) is 55.8 Å². The first kappa shape index (κ1) is 14.9. The first-order chi connectivity index (χ1) is 10.2. The van der Waals surface area contributed by atoms with E-state index in [4.69, 9.17) is 9.47 Å². The second-order valence-corrected chi connectivity index (χ2v) is 4.61. The lowest BCUT2D eigenvalue weighted by molar-refractivity contribution is 0.0695. The van der Waals surface area contributed by atoms with Gasteiger partial charge < -0.3 is 14.6 Å². The van der Waals surface area contributed by atoms with E-state index in [2.05, 4.69) is 0 Å². The van der Waals surface area contributed by atoms with Gasteiger partial charge in [0.2, 0.25) is 0 Å². The number of carboxylic acid groups (broad SMARTS) is 1. The highest BCUT2D eigenvalue weighted by Gasteiger charge is 2.12. The number of para-hydroxylation sites is 1. The smallest absolute Gasteiger partial charge is 0.335 e. The second-order valence-electron chi connectivity index (χ2n) is 4.61. The highest BCUT2D eigenvalue weighted by atomic mass is 16.5. The summed E-state index contributed by atoms with van der Waals surface area (Å²) in [6, 6.07) is 12.8. The molecule has 1 N–H and O–H groups in total. The van der Waals surface area contributed by atoms with E-state index in [1.807, 2.05) is 30.3 Å². The fraction of sp³-hybridized carbons (Fsp3) is 0.235. The SMILES string of the molecule is COc1cccc(CCc2ccccc2C(=O)O)c1OC. The molecule has 0 aliphatic carbocycles. The average molecular weight is 286 g/mol. The molecule has 0 saturated heterocycles. The normalized spacial score (nSPS) is 10.2. The predicted molar refractivity (Wildman–Crippen MR) is 80.4 cm³/mol. The van der Waals surface area contributed by atoms with E-state index >= 15 is 0 Å². The van der Waals surface area contributed by atoms with Crippen LogP contribution in [0, 0.1) is 0 Å². The van der Waals surface area contributed by atoms with Gasteiger partial charge in [-0.15, -0.1) is 0 Å². The standard InChI is InChI=1S/C17H18O4/c1-20-15-9-5-7-13(16(15)21-2)11-10-12-6-3-4-8-14(12)17(18)19/h3-9H,10-11H2,1-2H3,(H,18,19). The third-order valence-electron chi connectivity index (χ3n) is 3.40. The molecule has 0 spiro atoms. The minimum absolute atomic E-state index is 0.347. The second kappa shape index (κ2) is 6.79. The van der Waals surface area contributed by atoms with Crippen molar-refractivity contribution in [3.63, 3.8) is 0 Å². The van der Waals surface area contributed by atoms with Gasteiger partial charge >= 0.3 is 5.97 Å². The Morgan fingerprint density at radius 1 is 0.952 bits per heavy atom. The maximum absolute atomic E-state index is 11.2. The Balaban J connectivity index is 2.23. The van der Waals surface area contributed by atoms with E-state index in [-0.39, 0.29) is 0 Å². The van der Waals surface area contributed by atoms with Gasteiger partial charge in [0.1, 0.15) is 0 Å². The summed E-state index contributed by atoms with van der Waals surface area (Å²) in [6.07, 6.45) is 1.32. The highest BCUT2D eigenvalue weighted by Crippen LogP contribution is 2.31.